The van der Waals surface area contributed by atoms with Crippen molar-refractivity contribution in [1.82, 2.24) is 9.69 Å². The Morgan fingerprint density at radius 1 is 1.24 bits per heavy atom. The number of nitrogens with two attached hydrogens (primary N) is 2. The zero-order valence-electron chi connectivity index (χ0n) is 18.1. The molecule has 0 bridgehead atoms. The molecule has 1 aromatic carbocycles. The van der Waals surface area contributed by atoms with Gasteiger partial charge in [-0.25, -0.2) is 4.39 Å². The number of nitrogen functional groups attached to an aromatic ring is 1. The van der Waals surface area contributed by atoms with Crippen LogP contribution in [0.3, 0.4) is 0 Å². The molecular formula is C22H24FN5O4S. The van der Waals surface area contributed by atoms with Crippen LogP contribution in [0.2, 0.25) is 0 Å². The molecule has 0 saturated carbocycles. The molecule has 33 heavy (non-hydrogen) atoms. The molecule has 0 saturated heterocycles. The Hall–Kier alpha value is -3.73. The van der Waals surface area contributed by atoms with Crippen molar-refractivity contribution in [1.29, 1.82) is 0 Å². The minimum absolute atomic E-state index is 0.0915. The number of primary amides is 1. The van der Waals surface area contributed by atoms with Crippen molar-refractivity contribution < 1.29 is 23.2 Å². The summed E-state index contributed by atoms with van der Waals surface area (Å²) in [6.07, 6.45) is 2.08. The Labute approximate surface area is 193 Å². The van der Waals surface area contributed by atoms with Gasteiger partial charge in [-0.2, -0.15) is 4.37 Å². The van der Waals surface area contributed by atoms with Gasteiger partial charge >= 0.3 is 0 Å². The molecule has 2 heterocycles. The van der Waals surface area contributed by atoms with E-state index in [1.54, 1.807) is 6.07 Å². The third-order valence-corrected chi connectivity index (χ3v) is 5.65. The molecule has 3 amide bonds. The van der Waals surface area contributed by atoms with Gasteiger partial charge in [-0.05, 0) is 54.2 Å². The number of amides is 3. The lowest BCUT2D eigenvalue weighted by Gasteiger charge is -2.29. The molecule has 1 unspecified atom stereocenters. The molecule has 3 aromatic rings. The maximum Gasteiger partial charge on any atom is 0.273 e. The van der Waals surface area contributed by atoms with Gasteiger partial charge in [0.1, 0.15) is 16.5 Å². The van der Waals surface area contributed by atoms with Gasteiger partial charge in [-0.15, -0.1) is 0 Å². The van der Waals surface area contributed by atoms with Crippen LogP contribution in [0.5, 0.6) is 0 Å². The molecule has 2 aromatic heterocycles. The number of anilines is 2. The largest absolute Gasteiger partial charge is 0.467 e. The molecule has 0 spiro atoms. The number of hydrogen-bond donors (Lipinski definition) is 3. The van der Waals surface area contributed by atoms with Gasteiger partial charge < -0.3 is 21.2 Å². The second-order valence-electron chi connectivity index (χ2n) is 7.68. The molecule has 0 aliphatic rings. The Morgan fingerprint density at radius 2 is 2.00 bits per heavy atom. The summed E-state index contributed by atoms with van der Waals surface area (Å²) in [4.78, 5) is 39.5. The highest BCUT2D eigenvalue weighted by atomic mass is 32.1. The normalized spacial score (nSPS) is 11.9. The summed E-state index contributed by atoms with van der Waals surface area (Å²) < 4.78 is 23.5. The highest BCUT2D eigenvalue weighted by Crippen LogP contribution is 2.33. The second kappa shape index (κ2) is 10.3. The Bertz CT molecular complexity index is 1150. The quantitative estimate of drug-likeness (QED) is 0.435. The number of aromatic nitrogens is 1. The molecule has 9 nitrogen and oxygen atoms in total. The van der Waals surface area contributed by atoms with Gasteiger partial charge in [-0.3, -0.25) is 19.3 Å². The van der Waals surface area contributed by atoms with E-state index in [1.165, 1.54) is 30.5 Å². The summed E-state index contributed by atoms with van der Waals surface area (Å²) in [5.74, 6) is -2.29. The van der Waals surface area contributed by atoms with E-state index < -0.39 is 29.6 Å². The number of carbonyl (C=O) groups excluding carboxylic acids is 3. The number of benzene rings is 1. The summed E-state index contributed by atoms with van der Waals surface area (Å²) in [7, 11) is 0. The summed E-state index contributed by atoms with van der Waals surface area (Å²) in [5.41, 5.74) is 10.9. The zero-order chi connectivity index (χ0) is 24.1. The number of furan rings is 1. The fraction of sp³-hybridized carbons (Fsp3) is 0.273. The van der Waals surface area contributed by atoms with E-state index in [9.17, 15) is 18.8 Å². The average molecular weight is 474 g/mol. The van der Waals surface area contributed by atoms with Crippen LogP contribution in [0.25, 0.3) is 0 Å². The monoisotopic (exact) mass is 473 g/mol. The fourth-order valence-corrected chi connectivity index (χ4v) is 3.89. The molecule has 174 valence electrons. The molecule has 0 radical (unpaired) electrons. The van der Waals surface area contributed by atoms with E-state index in [0.29, 0.717) is 30.4 Å². The first-order valence-electron chi connectivity index (χ1n) is 10.2. The molecule has 11 heteroatoms. The van der Waals surface area contributed by atoms with Crippen LogP contribution in [-0.2, 0) is 4.79 Å². The van der Waals surface area contributed by atoms with Crippen LogP contribution in [0.1, 0.15) is 52.2 Å². The van der Waals surface area contributed by atoms with Gasteiger partial charge in [0.15, 0.2) is 11.7 Å². The standard InChI is InChI=1S/C22H24FN5O4S/c1-12(2)8-9-26-21(30)18(15-7-4-10-32-15)28(14-6-3-5-13(23)11-14)22(31)19-16(24)17(20(25)29)27-33-19/h3-7,10-12,18H,8-9,24H2,1-2H3,(H2,25,29)(H,26,30). The third kappa shape index (κ3) is 5.37. The minimum Gasteiger partial charge on any atom is -0.467 e. The van der Waals surface area contributed by atoms with Crippen LogP contribution in [0.4, 0.5) is 15.8 Å². The van der Waals surface area contributed by atoms with Crippen molar-refractivity contribution in [3.63, 3.8) is 0 Å². The lowest BCUT2D eigenvalue weighted by atomic mass is 10.1. The van der Waals surface area contributed by atoms with E-state index >= 15 is 0 Å². The van der Waals surface area contributed by atoms with Crippen LogP contribution >= 0.6 is 11.5 Å². The fourth-order valence-electron chi connectivity index (χ4n) is 3.15. The highest BCUT2D eigenvalue weighted by molar-refractivity contribution is 7.09. The number of nitrogens with one attached hydrogen (secondary N) is 1. The van der Waals surface area contributed by atoms with E-state index in [0.717, 1.165) is 11.0 Å². The summed E-state index contributed by atoms with van der Waals surface area (Å²) >= 11 is 0.665. The van der Waals surface area contributed by atoms with Crippen molar-refractivity contribution in [2.75, 3.05) is 17.2 Å². The van der Waals surface area contributed by atoms with Crippen molar-refractivity contribution >= 4 is 40.6 Å². The first-order chi connectivity index (χ1) is 15.7. The number of hydrogen-bond acceptors (Lipinski definition) is 7. The lowest BCUT2D eigenvalue weighted by molar-refractivity contribution is -0.122. The first-order valence-corrected chi connectivity index (χ1v) is 10.9. The van der Waals surface area contributed by atoms with Crippen LogP contribution in [-0.4, -0.2) is 28.6 Å². The van der Waals surface area contributed by atoms with E-state index in [-0.39, 0.29) is 27.7 Å². The van der Waals surface area contributed by atoms with Crippen molar-refractivity contribution in [2.24, 2.45) is 11.7 Å². The number of carbonyl (C=O) groups is 3. The van der Waals surface area contributed by atoms with Crippen molar-refractivity contribution in [3.05, 3.63) is 64.8 Å². The number of rotatable bonds is 9. The number of nitrogens with zero attached hydrogens (tertiary/aromatic N) is 2. The van der Waals surface area contributed by atoms with Crippen LogP contribution < -0.4 is 21.7 Å². The Morgan fingerprint density at radius 3 is 2.58 bits per heavy atom. The van der Waals surface area contributed by atoms with Gasteiger partial charge in [0.05, 0.1) is 12.0 Å². The Balaban J connectivity index is 2.10. The number of halogens is 1. The van der Waals surface area contributed by atoms with Crippen LogP contribution in [0, 0.1) is 11.7 Å². The summed E-state index contributed by atoms with van der Waals surface area (Å²) in [6, 6.07) is 7.04. The Kier molecular flexibility index (Phi) is 7.44. The van der Waals surface area contributed by atoms with Gasteiger partial charge in [0.2, 0.25) is 0 Å². The molecular weight excluding hydrogens is 449 g/mol. The molecule has 0 aliphatic heterocycles. The summed E-state index contributed by atoms with van der Waals surface area (Å²) in [5, 5.41) is 2.81. The maximum atomic E-state index is 14.1. The molecule has 1 atom stereocenters. The topological polar surface area (TPSA) is 145 Å². The minimum atomic E-state index is -1.28. The van der Waals surface area contributed by atoms with E-state index in [2.05, 4.69) is 9.69 Å². The highest BCUT2D eigenvalue weighted by Gasteiger charge is 2.37. The SMILES string of the molecule is CC(C)CCNC(=O)C(c1ccco1)N(C(=O)c1snc(C(N)=O)c1N)c1cccc(F)c1. The van der Waals surface area contributed by atoms with Crippen molar-refractivity contribution in [3.8, 4) is 0 Å². The molecule has 0 fully saturated rings. The van der Waals surface area contributed by atoms with Gasteiger partial charge in [0.25, 0.3) is 17.7 Å². The zero-order valence-corrected chi connectivity index (χ0v) is 18.9. The summed E-state index contributed by atoms with van der Waals surface area (Å²) in [6.45, 7) is 4.40. The average Bonchev–Trinajstić information content (AvgIpc) is 3.40. The van der Waals surface area contributed by atoms with Gasteiger partial charge in [0, 0.05) is 12.2 Å². The first kappa shape index (κ1) is 23.9. The lowest BCUT2D eigenvalue weighted by Crippen LogP contribution is -2.44. The van der Waals surface area contributed by atoms with E-state index in [1.807, 2.05) is 13.8 Å². The molecule has 5 N–H and O–H groups in total. The smallest absolute Gasteiger partial charge is 0.273 e. The molecule has 0 aliphatic carbocycles. The predicted octanol–water partition coefficient (Wildman–Crippen LogP) is 3.11. The van der Waals surface area contributed by atoms with E-state index in [4.69, 9.17) is 15.9 Å². The third-order valence-electron chi connectivity index (χ3n) is 4.80. The maximum absolute atomic E-state index is 14.1. The van der Waals surface area contributed by atoms with Crippen LogP contribution in [0.15, 0.2) is 47.1 Å². The van der Waals surface area contributed by atoms with Crippen molar-refractivity contribution in [2.45, 2.75) is 26.3 Å². The predicted molar refractivity (Wildman–Crippen MR) is 122 cm³/mol. The van der Waals surface area contributed by atoms with Gasteiger partial charge in [-0.1, -0.05) is 19.9 Å². The molecule has 3 rings (SSSR count). The second-order valence-corrected chi connectivity index (χ2v) is 8.46.